The van der Waals surface area contributed by atoms with Gasteiger partial charge in [-0.05, 0) is 25.7 Å². The van der Waals surface area contributed by atoms with E-state index in [2.05, 4.69) is 6.58 Å². The molecule has 0 radical (unpaired) electrons. The lowest BCUT2D eigenvalue weighted by Crippen LogP contribution is -2.56. The van der Waals surface area contributed by atoms with Crippen molar-refractivity contribution in [2.24, 2.45) is 5.92 Å². The topological polar surface area (TPSA) is 40.1 Å². The van der Waals surface area contributed by atoms with Gasteiger partial charge in [0.1, 0.15) is 22.4 Å². The Morgan fingerprint density at radius 3 is 2.55 bits per heavy atom. The minimum Gasteiger partial charge on any atom is -0.549 e. The van der Waals surface area contributed by atoms with Gasteiger partial charge in [-0.15, -0.1) is 6.58 Å². The van der Waals surface area contributed by atoms with Crippen molar-refractivity contribution in [2.45, 2.75) is 43.7 Å². The molecule has 7 heteroatoms. The average molecular weight is 314 g/mol. The molecule has 0 N–H and O–H groups in total. The molecule has 0 aliphatic heterocycles. The smallest absolute Gasteiger partial charge is 0.297 e. The van der Waals surface area contributed by atoms with Crippen LogP contribution in [0.1, 0.15) is 32.1 Å². The van der Waals surface area contributed by atoms with Gasteiger partial charge in [-0.25, -0.2) is 8.78 Å². The number of hydrogen-bond donors (Lipinski definition) is 0. The Bertz CT molecular complexity index is 436. The number of carbonyl (C=O) groups excluding carboxylic acids is 1. The summed E-state index contributed by atoms with van der Waals surface area (Å²) in [5.74, 6) is -10.9. The third-order valence-electron chi connectivity index (χ3n) is 3.35. The normalized spacial score (nSPS) is 29.4. The summed E-state index contributed by atoms with van der Waals surface area (Å²) in [5.41, 5.74) is -2.91. The molecule has 0 fully saturated rings. The molecule has 0 amide bonds. The molecule has 1 rings (SSSR count). The van der Waals surface area contributed by atoms with Gasteiger partial charge in [0.2, 0.25) is 0 Å². The number of hydrogen-bond acceptors (Lipinski definition) is 2. The minimum atomic E-state index is -4.31. The van der Waals surface area contributed by atoms with Gasteiger partial charge in [0.05, 0.1) is 5.97 Å². The summed E-state index contributed by atoms with van der Waals surface area (Å²) in [6, 6.07) is 0. The lowest BCUT2D eigenvalue weighted by atomic mass is 9.74. The molecule has 2 unspecified atom stereocenters. The molecular weight excluding hydrogens is 300 g/mol. The summed E-state index contributed by atoms with van der Waals surface area (Å²) in [6.45, 7) is 3.45. The van der Waals surface area contributed by atoms with Crippen LogP contribution in [0.3, 0.4) is 0 Å². The first-order valence-electron chi connectivity index (χ1n) is 6.10. The largest absolute Gasteiger partial charge is 0.549 e. The highest BCUT2D eigenvalue weighted by molar-refractivity contribution is 6.31. The molecule has 114 valence electrons. The molecule has 0 saturated carbocycles. The number of carbonyl (C=O) groups is 1. The molecular formula is C13H14ClF4O2-. The number of unbranched alkanes of at least 4 members (excludes halogenated alkanes) is 2. The van der Waals surface area contributed by atoms with Crippen LogP contribution >= 0.6 is 11.6 Å². The Morgan fingerprint density at radius 2 is 2.05 bits per heavy atom. The SMILES string of the molecule is C=CCCCCC1(F)CC(F)=C(Cl)C(F)(F)C1C(=O)[O-]. The summed E-state index contributed by atoms with van der Waals surface area (Å²) in [6.07, 6.45) is 1.09. The first-order valence-corrected chi connectivity index (χ1v) is 6.47. The summed E-state index contributed by atoms with van der Waals surface area (Å²) >= 11 is 5.09. The molecule has 0 spiro atoms. The molecule has 1 aliphatic carbocycles. The summed E-state index contributed by atoms with van der Waals surface area (Å²) in [7, 11) is 0. The standard InChI is InChI=1S/C13H15ClF4O2/c1-2-3-4-5-6-12(16)7-8(15)10(14)13(17,18)9(12)11(19)20/h2,9H,1,3-7H2,(H,19,20)/p-1. The van der Waals surface area contributed by atoms with Crippen LogP contribution in [0.4, 0.5) is 17.6 Å². The number of carboxylic acids is 1. The number of alkyl halides is 3. The molecule has 1 aliphatic rings. The van der Waals surface area contributed by atoms with Crippen LogP contribution in [0.15, 0.2) is 23.5 Å². The van der Waals surface area contributed by atoms with Gasteiger partial charge in [0, 0.05) is 6.42 Å². The molecule has 0 aromatic rings. The van der Waals surface area contributed by atoms with Gasteiger partial charge in [0.25, 0.3) is 5.92 Å². The molecule has 2 atom stereocenters. The summed E-state index contributed by atoms with van der Waals surface area (Å²) in [5, 5.41) is 9.33. The van der Waals surface area contributed by atoms with Crippen LogP contribution < -0.4 is 5.11 Å². The lowest BCUT2D eigenvalue weighted by molar-refractivity contribution is -0.324. The van der Waals surface area contributed by atoms with Crippen LogP contribution in [0.2, 0.25) is 0 Å². The van der Waals surface area contributed by atoms with E-state index in [9.17, 15) is 27.5 Å². The maximum Gasteiger partial charge on any atom is 0.297 e. The first kappa shape index (κ1) is 17.0. The Balaban J connectivity index is 3.04. The maximum absolute atomic E-state index is 14.6. The van der Waals surface area contributed by atoms with Gasteiger partial charge < -0.3 is 9.90 Å². The van der Waals surface area contributed by atoms with E-state index in [0.717, 1.165) is 0 Å². The lowest BCUT2D eigenvalue weighted by Gasteiger charge is -2.42. The van der Waals surface area contributed by atoms with Crippen LogP contribution in [0, 0.1) is 5.92 Å². The Hall–Kier alpha value is -1.04. The van der Waals surface area contributed by atoms with E-state index in [1.54, 1.807) is 6.08 Å². The molecule has 0 aromatic carbocycles. The summed E-state index contributed by atoms with van der Waals surface area (Å²) in [4.78, 5) is 10.9. The number of allylic oxidation sites excluding steroid dienone is 3. The molecule has 20 heavy (non-hydrogen) atoms. The van der Waals surface area contributed by atoms with Crippen molar-refractivity contribution in [3.63, 3.8) is 0 Å². The van der Waals surface area contributed by atoms with Crippen LogP contribution in [-0.2, 0) is 4.79 Å². The van der Waals surface area contributed by atoms with E-state index >= 15 is 0 Å². The zero-order valence-corrected chi connectivity index (χ0v) is 11.4. The zero-order chi connectivity index (χ0) is 15.6. The van der Waals surface area contributed by atoms with Crippen molar-refractivity contribution >= 4 is 17.6 Å². The van der Waals surface area contributed by atoms with E-state index in [4.69, 9.17) is 11.6 Å². The van der Waals surface area contributed by atoms with E-state index in [1.807, 2.05) is 0 Å². The van der Waals surface area contributed by atoms with Gasteiger partial charge in [-0.3, -0.25) is 0 Å². The number of aliphatic carboxylic acids is 1. The fourth-order valence-corrected chi connectivity index (χ4v) is 2.55. The highest BCUT2D eigenvalue weighted by atomic mass is 35.5. The highest BCUT2D eigenvalue weighted by Gasteiger charge is 2.60. The molecule has 0 heterocycles. The zero-order valence-electron chi connectivity index (χ0n) is 10.6. The second kappa shape index (κ2) is 6.16. The second-order valence-electron chi connectivity index (χ2n) is 4.84. The van der Waals surface area contributed by atoms with Crippen molar-refractivity contribution in [1.82, 2.24) is 0 Å². The molecule has 2 nitrogen and oxygen atoms in total. The fraction of sp³-hybridized carbons (Fsp3) is 0.615. The second-order valence-corrected chi connectivity index (χ2v) is 5.22. The monoisotopic (exact) mass is 313 g/mol. The molecule has 0 aromatic heterocycles. The van der Waals surface area contributed by atoms with Crippen molar-refractivity contribution in [1.29, 1.82) is 0 Å². The number of carboxylic acid groups (broad SMARTS) is 1. The Kier molecular flexibility index (Phi) is 5.24. The first-order chi connectivity index (χ1) is 9.16. The third-order valence-corrected chi connectivity index (χ3v) is 3.80. The van der Waals surface area contributed by atoms with E-state index in [-0.39, 0.29) is 6.42 Å². The quantitative estimate of drug-likeness (QED) is 0.429. The minimum absolute atomic E-state index is 0.132. The summed E-state index contributed by atoms with van der Waals surface area (Å²) < 4.78 is 55.4. The van der Waals surface area contributed by atoms with Crippen molar-refractivity contribution < 1.29 is 27.5 Å². The van der Waals surface area contributed by atoms with Gasteiger partial charge >= 0.3 is 0 Å². The predicted molar refractivity (Wildman–Crippen MR) is 64.6 cm³/mol. The van der Waals surface area contributed by atoms with Crippen LogP contribution in [0.5, 0.6) is 0 Å². The highest BCUT2D eigenvalue weighted by Crippen LogP contribution is 2.52. The van der Waals surface area contributed by atoms with Crippen molar-refractivity contribution in [3.8, 4) is 0 Å². The van der Waals surface area contributed by atoms with Gasteiger partial charge in [-0.1, -0.05) is 17.7 Å². The van der Waals surface area contributed by atoms with E-state index < -0.39 is 47.2 Å². The van der Waals surface area contributed by atoms with Crippen molar-refractivity contribution in [2.75, 3.05) is 0 Å². The van der Waals surface area contributed by atoms with Crippen LogP contribution in [0.25, 0.3) is 0 Å². The maximum atomic E-state index is 14.6. The van der Waals surface area contributed by atoms with Gasteiger partial charge in [0.15, 0.2) is 0 Å². The van der Waals surface area contributed by atoms with Crippen LogP contribution in [-0.4, -0.2) is 17.6 Å². The third kappa shape index (κ3) is 3.16. The van der Waals surface area contributed by atoms with Crippen molar-refractivity contribution in [3.05, 3.63) is 23.5 Å². The van der Waals surface area contributed by atoms with E-state index in [1.165, 1.54) is 0 Å². The predicted octanol–water partition coefficient (Wildman–Crippen LogP) is 3.27. The Morgan fingerprint density at radius 1 is 1.45 bits per heavy atom. The molecule has 0 saturated heterocycles. The Labute approximate surface area is 119 Å². The molecule has 0 bridgehead atoms. The number of rotatable bonds is 6. The fourth-order valence-electron chi connectivity index (χ4n) is 2.37. The van der Waals surface area contributed by atoms with Gasteiger partial charge in [-0.2, -0.15) is 8.78 Å². The average Bonchev–Trinajstić information content (AvgIpc) is 2.31. The van der Waals surface area contributed by atoms with E-state index in [0.29, 0.717) is 12.8 Å². The number of halogens is 5.